The summed E-state index contributed by atoms with van der Waals surface area (Å²) in [5.41, 5.74) is 0. The van der Waals surface area contributed by atoms with Crippen molar-refractivity contribution in [3.63, 3.8) is 0 Å². The molecule has 0 saturated heterocycles. The molecule has 0 aliphatic carbocycles. The zero-order valence-electron chi connectivity index (χ0n) is 4.87. The van der Waals surface area contributed by atoms with Gasteiger partial charge in [0.05, 0.1) is 5.88 Å². The molecule has 0 atom stereocenters. The van der Waals surface area contributed by atoms with Crippen LogP contribution in [0, 0.1) is 6.92 Å². The standard InChI is InChI=1S/C4H6N2O2S/c1-3-5-6(2-9)4(7)8-3/h9H,2H2,1H3. The summed E-state index contributed by atoms with van der Waals surface area (Å²) >= 11 is 3.83. The van der Waals surface area contributed by atoms with E-state index in [2.05, 4.69) is 22.1 Å². The van der Waals surface area contributed by atoms with E-state index in [9.17, 15) is 4.79 Å². The van der Waals surface area contributed by atoms with Crippen LogP contribution in [0.2, 0.25) is 0 Å². The SMILES string of the molecule is Cc1nn(CS)c(=O)o1. The zero-order valence-corrected chi connectivity index (χ0v) is 5.76. The molecule has 0 saturated carbocycles. The Kier molecular flexibility index (Phi) is 1.61. The molecule has 0 radical (unpaired) electrons. The molecule has 1 heterocycles. The average molecular weight is 146 g/mol. The summed E-state index contributed by atoms with van der Waals surface area (Å²) in [4.78, 5) is 10.6. The van der Waals surface area contributed by atoms with Gasteiger partial charge in [0, 0.05) is 6.92 Å². The minimum Gasteiger partial charge on any atom is -0.393 e. The maximum atomic E-state index is 10.6. The lowest BCUT2D eigenvalue weighted by molar-refractivity contribution is 0.470. The van der Waals surface area contributed by atoms with E-state index in [0.29, 0.717) is 5.89 Å². The first-order valence-corrected chi connectivity index (χ1v) is 3.02. The first-order chi connectivity index (χ1) is 4.24. The Morgan fingerprint density at radius 1 is 1.89 bits per heavy atom. The number of hydrogen-bond acceptors (Lipinski definition) is 4. The van der Waals surface area contributed by atoms with E-state index in [1.165, 1.54) is 0 Å². The van der Waals surface area contributed by atoms with Crippen LogP contribution in [0.5, 0.6) is 0 Å². The minimum absolute atomic E-state index is 0.260. The molecule has 1 aromatic heterocycles. The van der Waals surface area contributed by atoms with Crippen LogP contribution < -0.4 is 5.76 Å². The highest BCUT2D eigenvalue weighted by Crippen LogP contribution is 1.86. The molecule has 0 bridgehead atoms. The topological polar surface area (TPSA) is 48.0 Å². The fraction of sp³-hybridized carbons (Fsp3) is 0.500. The van der Waals surface area contributed by atoms with Crippen molar-refractivity contribution in [2.45, 2.75) is 12.8 Å². The van der Waals surface area contributed by atoms with Gasteiger partial charge in [-0.2, -0.15) is 17.3 Å². The van der Waals surface area contributed by atoms with E-state index in [4.69, 9.17) is 0 Å². The summed E-state index contributed by atoms with van der Waals surface area (Å²) in [7, 11) is 0. The van der Waals surface area contributed by atoms with Gasteiger partial charge in [-0.25, -0.2) is 4.79 Å². The molecule has 0 fully saturated rings. The summed E-state index contributed by atoms with van der Waals surface area (Å²) in [5.74, 6) is 0.174. The zero-order chi connectivity index (χ0) is 6.85. The van der Waals surface area contributed by atoms with Crippen molar-refractivity contribution in [3.8, 4) is 0 Å². The maximum Gasteiger partial charge on any atom is 0.437 e. The second kappa shape index (κ2) is 2.26. The molecule has 9 heavy (non-hydrogen) atoms. The Morgan fingerprint density at radius 3 is 2.78 bits per heavy atom. The van der Waals surface area contributed by atoms with E-state index in [-0.39, 0.29) is 5.88 Å². The lowest BCUT2D eigenvalue weighted by Crippen LogP contribution is -2.12. The van der Waals surface area contributed by atoms with E-state index >= 15 is 0 Å². The van der Waals surface area contributed by atoms with Gasteiger partial charge in [0.25, 0.3) is 0 Å². The highest BCUT2D eigenvalue weighted by atomic mass is 32.1. The van der Waals surface area contributed by atoms with Gasteiger partial charge in [0.15, 0.2) is 0 Å². The van der Waals surface area contributed by atoms with Gasteiger partial charge in [-0.3, -0.25) is 0 Å². The molecule has 0 N–H and O–H groups in total. The van der Waals surface area contributed by atoms with Crippen molar-refractivity contribution < 1.29 is 4.42 Å². The summed E-state index contributed by atoms with van der Waals surface area (Å²) in [5, 5.41) is 3.69. The molecule has 5 heteroatoms. The highest BCUT2D eigenvalue weighted by molar-refractivity contribution is 7.79. The van der Waals surface area contributed by atoms with Gasteiger partial charge in [-0.1, -0.05) is 0 Å². The third kappa shape index (κ3) is 1.16. The predicted molar refractivity (Wildman–Crippen MR) is 34.5 cm³/mol. The number of hydrogen-bond donors (Lipinski definition) is 1. The molecule has 0 aliphatic heterocycles. The largest absolute Gasteiger partial charge is 0.437 e. The van der Waals surface area contributed by atoms with Crippen LogP contribution in [0.25, 0.3) is 0 Å². The van der Waals surface area contributed by atoms with Crippen molar-refractivity contribution in [2.75, 3.05) is 0 Å². The van der Waals surface area contributed by atoms with Gasteiger partial charge in [-0.15, -0.1) is 5.10 Å². The summed E-state index contributed by atoms with van der Waals surface area (Å²) < 4.78 is 5.69. The number of aromatic nitrogens is 2. The van der Waals surface area contributed by atoms with Crippen molar-refractivity contribution in [3.05, 3.63) is 16.4 Å². The van der Waals surface area contributed by atoms with Gasteiger partial charge in [-0.05, 0) is 0 Å². The Morgan fingerprint density at radius 2 is 2.56 bits per heavy atom. The van der Waals surface area contributed by atoms with Crippen LogP contribution in [0.3, 0.4) is 0 Å². The second-order valence-electron chi connectivity index (χ2n) is 1.53. The molecular weight excluding hydrogens is 140 g/mol. The molecule has 0 spiro atoms. The third-order valence-electron chi connectivity index (χ3n) is 0.841. The molecule has 0 aromatic carbocycles. The van der Waals surface area contributed by atoms with Crippen LogP contribution in [-0.4, -0.2) is 9.78 Å². The van der Waals surface area contributed by atoms with Crippen molar-refractivity contribution in [1.82, 2.24) is 9.78 Å². The highest BCUT2D eigenvalue weighted by Gasteiger charge is 1.98. The third-order valence-corrected chi connectivity index (χ3v) is 1.11. The van der Waals surface area contributed by atoms with Crippen molar-refractivity contribution in [2.24, 2.45) is 0 Å². The number of thiol groups is 1. The molecule has 1 aromatic rings. The maximum absolute atomic E-state index is 10.6. The van der Waals surface area contributed by atoms with Crippen LogP contribution in [-0.2, 0) is 5.88 Å². The summed E-state index contributed by atoms with van der Waals surface area (Å²) in [6.07, 6.45) is 0. The number of nitrogens with zero attached hydrogens (tertiary/aromatic N) is 2. The quantitative estimate of drug-likeness (QED) is 0.569. The molecule has 0 amide bonds. The Hall–Kier alpha value is -0.710. The monoisotopic (exact) mass is 146 g/mol. The molecule has 0 unspecified atom stereocenters. The van der Waals surface area contributed by atoms with E-state index in [0.717, 1.165) is 4.68 Å². The van der Waals surface area contributed by atoms with Gasteiger partial charge in [0.1, 0.15) is 0 Å². The molecule has 50 valence electrons. The van der Waals surface area contributed by atoms with Gasteiger partial charge in [0.2, 0.25) is 5.89 Å². The smallest absolute Gasteiger partial charge is 0.393 e. The van der Waals surface area contributed by atoms with Crippen LogP contribution >= 0.6 is 12.6 Å². The number of aryl methyl sites for hydroxylation is 1. The van der Waals surface area contributed by atoms with E-state index < -0.39 is 5.76 Å². The first kappa shape index (κ1) is 6.41. The molecule has 0 aliphatic rings. The Labute approximate surface area is 56.9 Å². The lowest BCUT2D eigenvalue weighted by Gasteiger charge is -1.82. The van der Waals surface area contributed by atoms with Gasteiger partial charge < -0.3 is 4.42 Å². The fourth-order valence-electron chi connectivity index (χ4n) is 0.500. The summed E-state index contributed by atoms with van der Waals surface area (Å²) in [6.45, 7) is 1.61. The van der Waals surface area contributed by atoms with Crippen molar-refractivity contribution in [1.29, 1.82) is 0 Å². The molecule has 4 nitrogen and oxygen atoms in total. The average Bonchev–Trinajstić information content (AvgIpc) is 2.10. The Bertz CT molecular complexity index is 251. The Balaban J connectivity index is 3.16. The first-order valence-electron chi connectivity index (χ1n) is 2.39. The molecule has 1 rings (SSSR count). The predicted octanol–water partition coefficient (Wildman–Crippen LogP) is 0.0320. The van der Waals surface area contributed by atoms with Crippen LogP contribution in [0.1, 0.15) is 5.89 Å². The second-order valence-corrected chi connectivity index (χ2v) is 1.81. The fourth-order valence-corrected chi connectivity index (χ4v) is 0.678. The number of rotatable bonds is 1. The van der Waals surface area contributed by atoms with E-state index in [1.807, 2.05) is 0 Å². The van der Waals surface area contributed by atoms with E-state index in [1.54, 1.807) is 6.92 Å². The summed E-state index contributed by atoms with van der Waals surface area (Å²) in [6, 6.07) is 0. The minimum atomic E-state index is -0.456. The van der Waals surface area contributed by atoms with Gasteiger partial charge >= 0.3 is 5.76 Å². The molecular formula is C4H6N2O2S. The normalized spacial score (nSPS) is 10.0. The van der Waals surface area contributed by atoms with Crippen LogP contribution in [0.4, 0.5) is 0 Å². The lowest BCUT2D eigenvalue weighted by atomic mass is 10.8. The van der Waals surface area contributed by atoms with Crippen molar-refractivity contribution >= 4 is 12.6 Å². The van der Waals surface area contributed by atoms with Crippen LogP contribution in [0.15, 0.2) is 9.21 Å².